The van der Waals surface area contributed by atoms with Crippen molar-refractivity contribution in [2.45, 2.75) is 31.8 Å². The number of amides is 1. The highest BCUT2D eigenvalue weighted by molar-refractivity contribution is 5.96. The van der Waals surface area contributed by atoms with Gasteiger partial charge < -0.3 is 14.5 Å². The zero-order chi connectivity index (χ0) is 14.1. The summed E-state index contributed by atoms with van der Waals surface area (Å²) in [7, 11) is 4.02. The van der Waals surface area contributed by atoms with Gasteiger partial charge in [-0.1, -0.05) is 0 Å². The third kappa shape index (κ3) is 2.40. The van der Waals surface area contributed by atoms with Gasteiger partial charge in [0.25, 0.3) is 5.91 Å². The standard InChI is InChI=1S/C14H22N4O2/c1-16-7-4-11(5-8-16)17(2)13(19)12-10-15-18-6-3-9-20-14(12)18/h10-11H,3-9H2,1-2H3. The molecule has 0 bridgehead atoms. The van der Waals surface area contributed by atoms with Crippen molar-refractivity contribution in [2.75, 3.05) is 33.8 Å². The monoisotopic (exact) mass is 278 g/mol. The van der Waals surface area contributed by atoms with E-state index in [1.165, 1.54) is 0 Å². The van der Waals surface area contributed by atoms with Gasteiger partial charge in [0.1, 0.15) is 5.56 Å². The number of rotatable bonds is 2. The summed E-state index contributed by atoms with van der Waals surface area (Å²) in [6.07, 6.45) is 4.66. The van der Waals surface area contributed by atoms with Crippen molar-refractivity contribution < 1.29 is 9.53 Å². The molecule has 2 aliphatic heterocycles. The zero-order valence-corrected chi connectivity index (χ0v) is 12.2. The van der Waals surface area contributed by atoms with Crippen LogP contribution in [0.1, 0.15) is 29.6 Å². The summed E-state index contributed by atoms with van der Waals surface area (Å²) >= 11 is 0. The largest absolute Gasteiger partial charge is 0.477 e. The van der Waals surface area contributed by atoms with Gasteiger partial charge in [-0.05, 0) is 33.0 Å². The third-order valence-corrected chi connectivity index (χ3v) is 4.33. The summed E-state index contributed by atoms with van der Waals surface area (Å²) < 4.78 is 7.41. The number of aryl methyl sites for hydroxylation is 1. The second-order valence-corrected chi connectivity index (χ2v) is 5.74. The van der Waals surface area contributed by atoms with Crippen molar-refractivity contribution in [3.8, 4) is 5.88 Å². The molecular weight excluding hydrogens is 256 g/mol. The van der Waals surface area contributed by atoms with Crippen LogP contribution in [0.25, 0.3) is 0 Å². The molecule has 1 aromatic rings. The van der Waals surface area contributed by atoms with E-state index in [0.29, 0.717) is 24.1 Å². The van der Waals surface area contributed by atoms with Crippen molar-refractivity contribution in [1.29, 1.82) is 0 Å². The average molecular weight is 278 g/mol. The third-order valence-electron chi connectivity index (χ3n) is 4.33. The Balaban J connectivity index is 1.73. The normalized spacial score (nSPS) is 20.3. The van der Waals surface area contributed by atoms with E-state index in [1.54, 1.807) is 10.9 Å². The van der Waals surface area contributed by atoms with Crippen LogP contribution in [0.5, 0.6) is 5.88 Å². The molecule has 0 spiro atoms. The van der Waals surface area contributed by atoms with E-state index in [-0.39, 0.29) is 5.91 Å². The lowest BCUT2D eigenvalue weighted by Gasteiger charge is -2.35. The SMILES string of the molecule is CN1CCC(N(C)C(=O)c2cnn3c2OCCC3)CC1. The van der Waals surface area contributed by atoms with E-state index in [4.69, 9.17) is 4.74 Å². The fourth-order valence-electron chi connectivity index (χ4n) is 2.95. The first kappa shape index (κ1) is 13.4. The van der Waals surface area contributed by atoms with Crippen LogP contribution in [-0.2, 0) is 6.54 Å². The van der Waals surface area contributed by atoms with E-state index < -0.39 is 0 Å². The lowest BCUT2D eigenvalue weighted by molar-refractivity contribution is 0.0653. The quantitative estimate of drug-likeness (QED) is 0.804. The minimum absolute atomic E-state index is 0.0303. The smallest absolute Gasteiger partial charge is 0.260 e. The van der Waals surface area contributed by atoms with Crippen molar-refractivity contribution in [2.24, 2.45) is 0 Å². The number of carbonyl (C=O) groups excluding carboxylic acids is 1. The maximum absolute atomic E-state index is 12.6. The number of nitrogens with zero attached hydrogens (tertiary/aromatic N) is 4. The fourth-order valence-corrected chi connectivity index (χ4v) is 2.95. The van der Waals surface area contributed by atoms with E-state index in [1.807, 2.05) is 11.9 Å². The van der Waals surface area contributed by atoms with Crippen molar-refractivity contribution in [3.63, 3.8) is 0 Å². The average Bonchev–Trinajstić information content (AvgIpc) is 2.90. The molecule has 0 atom stereocenters. The Kier molecular flexibility index (Phi) is 3.65. The van der Waals surface area contributed by atoms with Crippen LogP contribution in [0.2, 0.25) is 0 Å². The summed E-state index contributed by atoms with van der Waals surface area (Å²) in [5.41, 5.74) is 0.603. The Bertz CT molecular complexity index is 491. The molecule has 6 nitrogen and oxygen atoms in total. The van der Waals surface area contributed by atoms with Gasteiger partial charge in [-0.15, -0.1) is 0 Å². The molecule has 2 aliphatic rings. The molecule has 20 heavy (non-hydrogen) atoms. The highest BCUT2D eigenvalue weighted by Crippen LogP contribution is 2.25. The fraction of sp³-hybridized carbons (Fsp3) is 0.714. The molecule has 0 unspecified atom stereocenters. The summed E-state index contributed by atoms with van der Waals surface area (Å²) in [5, 5.41) is 4.25. The van der Waals surface area contributed by atoms with Crippen LogP contribution in [0.4, 0.5) is 0 Å². The first-order valence-corrected chi connectivity index (χ1v) is 7.31. The molecule has 0 N–H and O–H groups in total. The van der Waals surface area contributed by atoms with Gasteiger partial charge in [-0.25, -0.2) is 4.68 Å². The van der Waals surface area contributed by atoms with E-state index >= 15 is 0 Å². The Hall–Kier alpha value is -1.56. The second-order valence-electron chi connectivity index (χ2n) is 5.74. The summed E-state index contributed by atoms with van der Waals surface area (Å²) in [6, 6.07) is 0.317. The van der Waals surface area contributed by atoms with Gasteiger partial charge in [-0.3, -0.25) is 4.79 Å². The van der Waals surface area contributed by atoms with Gasteiger partial charge in [0.05, 0.1) is 12.8 Å². The number of likely N-dealkylation sites (tertiary alicyclic amines) is 1. The number of aromatic nitrogens is 2. The molecule has 0 saturated carbocycles. The van der Waals surface area contributed by atoms with Crippen molar-refractivity contribution in [3.05, 3.63) is 11.8 Å². The van der Waals surface area contributed by atoms with E-state index in [2.05, 4.69) is 17.0 Å². The minimum atomic E-state index is 0.0303. The lowest BCUT2D eigenvalue weighted by Crippen LogP contribution is -2.44. The van der Waals surface area contributed by atoms with E-state index in [0.717, 1.165) is 38.9 Å². The molecule has 110 valence electrons. The lowest BCUT2D eigenvalue weighted by atomic mass is 10.0. The van der Waals surface area contributed by atoms with Crippen LogP contribution in [0, 0.1) is 0 Å². The maximum atomic E-state index is 12.6. The Labute approximate surface area is 119 Å². The van der Waals surface area contributed by atoms with Crippen LogP contribution >= 0.6 is 0 Å². The van der Waals surface area contributed by atoms with Gasteiger partial charge in [0.2, 0.25) is 5.88 Å². The van der Waals surface area contributed by atoms with Crippen LogP contribution in [-0.4, -0.2) is 65.3 Å². The van der Waals surface area contributed by atoms with Gasteiger partial charge in [-0.2, -0.15) is 5.10 Å². The molecule has 0 radical (unpaired) electrons. The van der Waals surface area contributed by atoms with Gasteiger partial charge in [0.15, 0.2) is 0 Å². The first-order chi connectivity index (χ1) is 9.66. The summed E-state index contributed by atoms with van der Waals surface area (Å²) in [4.78, 5) is 16.8. The molecule has 1 fully saturated rings. The Morgan fingerprint density at radius 3 is 2.90 bits per heavy atom. The number of carbonyl (C=O) groups is 1. The van der Waals surface area contributed by atoms with Crippen LogP contribution < -0.4 is 4.74 Å². The molecular formula is C14H22N4O2. The molecule has 1 saturated heterocycles. The Morgan fingerprint density at radius 1 is 1.40 bits per heavy atom. The summed E-state index contributed by atoms with van der Waals surface area (Å²) in [6.45, 7) is 3.60. The molecule has 1 aromatic heterocycles. The molecule has 6 heteroatoms. The molecule has 3 heterocycles. The Morgan fingerprint density at radius 2 is 2.15 bits per heavy atom. The molecule has 3 rings (SSSR count). The highest BCUT2D eigenvalue weighted by atomic mass is 16.5. The predicted molar refractivity (Wildman–Crippen MR) is 75.0 cm³/mol. The topological polar surface area (TPSA) is 50.6 Å². The summed E-state index contributed by atoms with van der Waals surface area (Å²) in [5.74, 6) is 0.670. The van der Waals surface area contributed by atoms with E-state index in [9.17, 15) is 4.79 Å². The molecule has 1 amide bonds. The second kappa shape index (κ2) is 5.44. The number of fused-ring (bicyclic) bond motifs is 1. The highest BCUT2D eigenvalue weighted by Gasteiger charge is 2.29. The van der Waals surface area contributed by atoms with Gasteiger partial charge >= 0.3 is 0 Å². The zero-order valence-electron chi connectivity index (χ0n) is 12.2. The first-order valence-electron chi connectivity index (χ1n) is 7.31. The van der Waals surface area contributed by atoms with Crippen molar-refractivity contribution >= 4 is 5.91 Å². The minimum Gasteiger partial charge on any atom is -0.477 e. The number of ether oxygens (including phenoxy) is 1. The maximum Gasteiger partial charge on any atom is 0.260 e. The molecule has 0 aliphatic carbocycles. The number of piperidine rings is 1. The molecule has 0 aromatic carbocycles. The predicted octanol–water partition coefficient (Wildman–Crippen LogP) is 0.832. The number of hydrogen-bond acceptors (Lipinski definition) is 4. The van der Waals surface area contributed by atoms with Gasteiger partial charge in [0, 0.05) is 26.1 Å². The van der Waals surface area contributed by atoms with Crippen molar-refractivity contribution in [1.82, 2.24) is 19.6 Å². The van der Waals surface area contributed by atoms with Crippen LogP contribution in [0.3, 0.4) is 0 Å². The van der Waals surface area contributed by atoms with Crippen LogP contribution in [0.15, 0.2) is 6.20 Å². The number of hydrogen-bond donors (Lipinski definition) is 0.